The number of aromatic nitrogens is 1. The molecule has 0 bridgehead atoms. The topological polar surface area (TPSA) is 60.5 Å². The van der Waals surface area contributed by atoms with Gasteiger partial charge in [0.05, 0.1) is 14.2 Å². The summed E-state index contributed by atoms with van der Waals surface area (Å²) < 4.78 is 10.5. The van der Waals surface area contributed by atoms with Crippen molar-refractivity contribution in [1.29, 1.82) is 0 Å². The molecule has 144 valence electrons. The molecule has 0 saturated heterocycles. The maximum absolute atomic E-state index is 12.6. The molecule has 2 aromatic carbocycles. The van der Waals surface area contributed by atoms with E-state index in [2.05, 4.69) is 24.1 Å². The largest absolute Gasteiger partial charge is 0.493 e. The normalized spacial score (nSPS) is 11.0. The molecule has 0 saturated carbocycles. The molecule has 0 fully saturated rings. The van der Waals surface area contributed by atoms with Crippen LogP contribution in [0.15, 0.2) is 67.0 Å². The van der Waals surface area contributed by atoms with Gasteiger partial charge in [0.15, 0.2) is 11.5 Å². The molecule has 3 aromatic rings. The first-order valence-corrected chi connectivity index (χ1v) is 9.00. The van der Waals surface area contributed by atoms with Crippen LogP contribution < -0.4 is 14.8 Å². The number of carbonyl (C=O) groups is 1. The van der Waals surface area contributed by atoms with Gasteiger partial charge in [-0.1, -0.05) is 26.0 Å². The van der Waals surface area contributed by atoms with E-state index < -0.39 is 0 Å². The van der Waals surface area contributed by atoms with Gasteiger partial charge in [0.1, 0.15) is 0 Å². The SMILES string of the molecule is COc1ccc(C(=O)Nc2ccc(C(C)(C)c3ccncc3)cc2)cc1OC. The minimum atomic E-state index is -0.206. The number of nitrogens with zero attached hydrogens (tertiary/aromatic N) is 1. The molecule has 1 amide bonds. The highest BCUT2D eigenvalue weighted by atomic mass is 16.5. The summed E-state index contributed by atoms with van der Waals surface area (Å²) in [6, 6.07) is 17.0. The summed E-state index contributed by atoms with van der Waals surface area (Å²) in [4.78, 5) is 16.7. The summed E-state index contributed by atoms with van der Waals surface area (Å²) >= 11 is 0. The molecule has 3 rings (SSSR count). The van der Waals surface area contributed by atoms with Crippen molar-refractivity contribution in [1.82, 2.24) is 4.98 Å². The first-order chi connectivity index (χ1) is 13.5. The number of carbonyl (C=O) groups excluding carboxylic acids is 1. The Morgan fingerprint density at radius 1 is 0.857 bits per heavy atom. The fraction of sp³-hybridized carbons (Fsp3) is 0.217. The number of anilines is 1. The molecule has 0 aliphatic heterocycles. The minimum Gasteiger partial charge on any atom is -0.493 e. The molecule has 0 radical (unpaired) electrons. The molecule has 1 N–H and O–H groups in total. The summed E-state index contributed by atoms with van der Waals surface area (Å²) in [6.07, 6.45) is 3.60. The second-order valence-corrected chi connectivity index (χ2v) is 6.96. The van der Waals surface area contributed by atoms with E-state index in [0.717, 1.165) is 11.3 Å². The average Bonchev–Trinajstić information content (AvgIpc) is 2.74. The van der Waals surface area contributed by atoms with Crippen molar-refractivity contribution < 1.29 is 14.3 Å². The Morgan fingerprint density at radius 3 is 2.07 bits per heavy atom. The zero-order valence-electron chi connectivity index (χ0n) is 16.5. The third-order valence-corrected chi connectivity index (χ3v) is 4.91. The first-order valence-electron chi connectivity index (χ1n) is 9.00. The predicted molar refractivity (Wildman–Crippen MR) is 110 cm³/mol. The van der Waals surface area contributed by atoms with Gasteiger partial charge in [-0.15, -0.1) is 0 Å². The molecule has 0 spiro atoms. The number of amides is 1. The van der Waals surface area contributed by atoms with Crippen LogP contribution in [0.5, 0.6) is 11.5 Å². The van der Waals surface area contributed by atoms with E-state index in [-0.39, 0.29) is 11.3 Å². The van der Waals surface area contributed by atoms with Crippen LogP contribution in [-0.4, -0.2) is 25.1 Å². The van der Waals surface area contributed by atoms with E-state index in [1.165, 1.54) is 5.56 Å². The Bertz CT molecular complexity index is 951. The summed E-state index contributed by atoms with van der Waals surface area (Å²) in [5.74, 6) is 0.897. The van der Waals surface area contributed by atoms with Gasteiger partial charge in [-0.3, -0.25) is 9.78 Å². The summed E-state index contributed by atoms with van der Waals surface area (Å²) in [5, 5.41) is 2.92. The first kappa shape index (κ1) is 19.4. The van der Waals surface area contributed by atoms with Crippen molar-refractivity contribution in [2.45, 2.75) is 19.3 Å². The predicted octanol–water partition coefficient (Wildman–Crippen LogP) is 4.68. The lowest BCUT2D eigenvalue weighted by atomic mass is 9.78. The van der Waals surface area contributed by atoms with Crippen LogP contribution in [0, 0.1) is 0 Å². The highest BCUT2D eigenvalue weighted by Gasteiger charge is 2.22. The standard InChI is InChI=1S/C23H24N2O3/c1-23(2,18-11-13-24-14-12-18)17-6-8-19(9-7-17)25-22(26)16-5-10-20(27-3)21(15-16)28-4/h5-15H,1-4H3,(H,25,26). The second kappa shape index (κ2) is 8.13. The molecule has 0 aliphatic carbocycles. The molecular formula is C23H24N2O3. The number of ether oxygens (including phenoxy) is 2. The minimum absolute atomic E-state index is 0.158. The molecule has 28 heavy (non-hydrogen) atoms. The summed E-state index contributed by atoms with van der Waals surface area (Å²) in [7, 11) is 3.11. The molecule has 0 aliphatic rings. The van der Waals surface area contributed by atoms with E-state index in [4.69, 9.17) is 9.47 Å². The molecule has 0 atom stereocenters. The van der Waals surface area contributed by atoms with Gasteiger partial charge >= 0.3 is 0 Å². The quantitative estimate of drug-likeness (QED) is 0.679. The molecule has 5 nitrogen and oxygen atoms in total. The molecular weight excluding hydrogens is 352 g/mol. The van der Waals surface area contributed by atoms with E-state index in [1.54, 1.807) is 44.8 Å². The van der Waals surface area contributed by atoms with Crippen molar-refractivity contribution in [2.24, 2.45) is 0 Å². The van der Waals surface area contributed by atoms with Crippen LogP contribution in [0.25, 0.3) is 0 Å². The fourth-order valence-corrected chi connectivity index (χ4v) is 3.09. The van der Waals surface area contributed by atoms with Gasteiger partial charge in [0.25, 0.3) is 5.91 Å². The van der Waals surface area contributed by atoms with E-state index in [0.29, 0.717) is 17.1 Å². The number of methoxy groups -OCH3 is 2. The van der Waals surface area contributed by atoms with Crippen LogP contribution in [0.3, 0.4) is 0 Å². The lowest BCUT2D eigenvalue weighted by molar-refractivity contribution is 0.102. The number of rotatable bonds is 6. The maximum Gasteiger partial charge on any atom is 0.255 e. The number of hydrogen-bond acceptors (Lipinski definition) is 4. The van der Waals surface area contributed by atoms with Crippen LogP contribution in [0.1, 0.15) is 35.3 Å². The number of hydrogen-bond donors (Lipinski definition) is 1. The Labute approximate surface area is 165 Å². The summed E-state index contributed by atoms with van der Waals surface area (Å²) in [5.41, 5.74) is 3.41. The molecule has 1 heterocycles. The molecule has 5 heteroatoms. The zero-order chi connectivity index (χ0) is 20.1. The highest BCUT2D eigenvalue weighted by Crippen LogP contribution is 2.32. The van der Waals surface area contributed by atoms with Crippen molar-refractivity contribution in [2.75, 3.05) is 19.5 Å². The van der Waals surface area contributed by atoms with Crippen molar-refractivity contribution in [3.8, 4) is 11.5 Å². The number of nitrogens with one attached hydrogen (secondary N) is 1. The summed E-state index contributed by atoms with van der Waals surface area (Å²) in [6.45, 7) is 4.33. The van der Waals surface area contributed by atoms with E-state index >= 15 is 0 Å². The smallest absolute Gasteiger partial charge is 0.255 e. The van der Waals surface area contributed by atoms with Crippen LogP contribution in [0.2, 0.25) is 0 Å². The molecule has 1 aromatic heterocycles. The van der Waals surface area contributed by atoms with Gasteiger partial charge < -0.3 is 14.8 Å². The third kappa shape index (κ3) is 3.98. The van der Waals surface area contributed by atoms with Crippen molar-refractivity contribution in [3.05, 3.63) is 83.7 Å². The lowest BCUT2D eigenvalue weighted by Gasteiger charge is -2.26. The number of pyridine rings is 1. The Balaban J connectivity index is 1.76. The lowest BCUT2D eigenvalue weighted by Crippen LogP contribution is -2.19. The Kier molecular flexibility index (Phi) is 5.64. The number of benzene rings is 2. The van der Waals surface area contributed by atoms with Crippen LogP contribution in [0.4, 0.5) is 5.69 Å². The van der Waals surface area contributed by atoms with E-state index in [9.17, 15) is 4.79 Å². The van der Waals surface area contributed by atoms with Crippen molar-refractivity contribution >= 4 is 11.6 Å². The van der Waals surface area contributed by atoms with Crippen LogP contribution in [-0.2, 0) is 5.41 Å². The van der Waals surface area contributed by atoms with Gasteiger partial charge in [0.2, 0.25) is 0 Å². The fourth-order valence-electron chi connectivity index (χ4n) is 3.09. The van der Waals surface area contributed by atoms with E-state index in [1.807, 2.05) is 36.4 Å². The van der Waals surface area contributed by atoms with Crippen LogP contribution >= 0.6 is 0 Å². The zero-order valence-corrected chi connectivity index (χ0v) is 16.5. The second-order valence-electron chi connectivity index (χ2n) is 6.96. The highest BCUT2D eigenvalue weighted by molar-refractivity contribution is 6.04. The Morgan fingerprint density at radius 2 is 1.46 bits per heavy atom. The van der Waals surface area contributed by atoms with Gasteiger partial charge in [0, 0.05) is 29.1 Å². The van der Waals surface area contributed by atoms with Gasteiger partial charge in [-0.2, -0.15) is 0 Å². The monoisotopic (exact) mass is 376 g/mol. The van der Waals surface area contributed by atoms with Crippen molar-refractivity contribution in [3.63, 3.8) is 0 Å². The van der Waals surface area contributed by atoms with Gasteiger partial charge in [-0.25, -0.2) is 0 Å². The molecule has 0 unspecified atom stereocenters. The average molecular weight is 376 g/mol. The maximum atomic E-state index is 12.6. The third-order valence-electron chi connectivity index (χ3n) is 4.91. The Hall–Kier alpha value is -3.34. The van der Waals surface area contributed by atoms with Gasteiger partial charge in [-0.05, 0) is 53.6 Å².